The fraction of sp³-hybridized carbons (Fsp3) is 0.579. The van der Waals surface area contributed by atoms with Gasteiger partial charge in [-0.15, -0.1) is 0 Å². The third-order valence-corrected chi connectivity index (χ3v) is 6.33. The van der Waals surface area contributed by atoms with Gasteiger partial charge < -0.3 is 10.2 Å². The molecule has 2 fully saturated rings. The van der Waals surface area contributed by atoms with E-state index in [2.05, 4.69) is 5.32 Å². The second-order valence-corrected chi connectivity index (χ2v) is 9.40. The van der Waals surface area contributed by atoms with E-state index in [0.29, 0.717) is 31.6 Å². The molecule has 27 heavy (non-hydrogen) atoms. The zero-order valence-corrected chi connectivity index (χ0v) is 16.7. The van der Waals surface area contributed by atoms with Crippen molar-refractivity contribution < 1.29 is 18.0 Å². The van der Waals surface area contributed by atoms with Crippen LogP contribution in [0.25, 0.3) is 0 Å². The molecule has 1 aromatic rings. The SMILES string of the molecule is Cc1ccccc1N(CC(=O)N1CCC(NC(=O)C2CC2)CC1)S(C)(=O)=O. The number of rotatable bonds is 6. The minimum atomic E-state index is -3.57. The van der Waals surface area contributed by atoms with E-state index in [9.17, 15) is 18.0 Å². The van der Waals surface area contributed by atoms with Crippen LogP contribution in [-0.2, 0) is 19.6 Å². The number of nitrogens with one attached hydrogen (secondary N) is 1. The molecule has 1 aliphatic heterocycles. The van der Waals surface area contributed by atoms with Gasteiger partial charge >= 0.3 is 0 Å². The van der Waals surface area contributed by atoms with Crippen molar-refractivity contribution in [1.82, 2.24) is 10.2 Å². The summed E-state index contributed by atoms with van der Waals surface area (Å²) in [5.41, 5.74) is 1.33. The molecule has 0 spiro atoms. The number of sulfonamides is 1. The molecule has 0 radical (unpaired) electrons. The van der Waals surface area contributed by atoms with Gasteiger partial charge in [-0.05, 0) is 44.2 Å². The molecular weight excluding hydrogens is 366 g/mol. The summed E-state index contributed by atoms with van der Waals surface area (Å²) in [7, 11) is -3.57. The Hall–Kier alpha value is -2.09. The summed E-state index contributed by atoms with van der Waals surface area (Å²) in [6, 6.07) is 7.24. The van der Waals surface area contributed by atoms with Gasteiger partial charge in [-0.2, -0.15) is 0 Å². The first-order valence-electron chi connectivity index (χ1n) is 9.37. The fourth-order valence-electron chi connectivity index (χ4n) is 3.38. The lowest BCUT2D eigenvalue weighted by Crippen LogP contribution is -2.50. The van der Waals surface area contributed by atoms with Crippen LogP contribution in [0.5, 0.6) is 0 Å². The molecule has 0 bridgehead atoms. The summed E-state index contributed by atoms with van der Waals surface area (Å²) in [5.74, 6) is 0.0975. The number of para-hydroxylation sites is 1. The number of carbonyl (C=O) groups excluding carboxylic acids is 2. The molecule has 7 nitrogen and oxygen atoms in total. The van der Waals surface area contributed by atoms with Crippen LogP contribution in [0.1, 0.15) is 31.2 Å². The lowest BCUT2D eigenvalue weighted by molar-refractivity contribution is -0.130. The van der Waals surface area contributed by atoms with Crippen LogP contribution in [0, 0.1) is 12.8 Å². The zero-order valence-electron chi connectivity index (χ0n) is 15.8. The highest BCUT2D eigenvalue weighted by Crippen LogP contribution is 2.29. The van der Waals surface area contributed by atoms with Crippen LogP contribution in [0.3, 0.4) is 0 Å². The molecule has 2 amide bonds. The molecule has 148 valence electrons. The van der Waals surface area contributed by atoms with E-state index in [-0.39, 0.29) is 30.3 Å². The molecule has 2 aliphatic rings. The molecule has 1 saturated carbocycles. The van der Waals surface area contributed by atoms with Crippen molar-refractivity contribution in [3.05, 3.63) is 29.8 Å². The lowest BCUT2D eigenvalue weighted by atomic mass is 10.0. The summed E-state index contributed by atoms with van der Waals surface area (Å²) >= 11 is 0. The number of hydrogen-bond donors (Lipinski definition) is 1. The Labute approximate surface area is 160 Å². The van der Waals surface area contributed by atoms with Crippen molar-refractivity contribution in [3.8, 4) is 0 Å². The molecular formula is C19H27N3O4S. The first-order valence-corrected chi connectivity index (χ1v) is 11.2. The summed E-state index contributed by atoms with van der Waals surface area (Å²) in [5, 5.41) is 3.06. The summed E-state index contributed by atoms with van der Waals surface area (Å²) in [4.78, 5) is 26.3. The minimum Gasteiger partial charge on any atom is -0.353 e. The Morgan fingerprint density at radius 3 is 2.33 bits per heavy atom. The minimum absolute atomic E-state index is 0.101. The Bertz CT molecular complexity index is 812. The van der Waals surface area contributed by atoms with Gasteiger partial charge in [0.1, 0.15) is 6.54 Å². The van der Waals surface area contributed by atoms with E-state index in [4.69, 9.17) is 0 Å². The van der Waals surface area contributed by atoms with Gasteiger partial charge in [0.25, 0.3) is 0 Å². The Morgan fingerprint density at radius 1 is 1.15 bits per heavy atom. The van der Waals surface area contributed by atoms with E-state index < -0.39 is 10.0 Å². The van der Waals surface area contributed by atoms with E-state index in [1.165, 1.54) is 4.31 Å². The van der Waals surface area contributed by atoms with Crippen molar-refractivity contribution in [1.29, 1.82) is 0 Å². The van der Waals surface area contributed by atoms with Crippen LogP contribution in [-0.4, -0.2) is 57.1 Å². The fourth-order valence-corrected chi connectivity index (χ4v) is 4.29. The smallest absolute Gasteiger partial charge is 0.243 e. The van der Waals surface area contributed by atoms with Gasteiger partial charge in [0.15, 0.2) is 0 Å². The van der Waals surface area contributed by atoms with Gasteiger partial charge in [-0.25, -0.2) is 8.42 Å². The topological polar surface area (TPSA) is 86.8 Å². The largest absolute Gasteiger partial charge is 0.353 e. The molecule has 1 aliphatic carbocycles. The second-order valence-electron chi connectivity index (χ2n) is 7.49. The van der Waals surface area contributed by atoms with Crippen LogP contribution < -0.4 is 9.62 Å². The Kier molecular flexibility index (Phi) is 5.74. The maximum absolute atomic E-state index is 12.7. The molecule has 3 rings (SSSR count). The van der Waals surface area contributed by atoms with E-state index in [1.807, 2.05) is 19.1 Å². The number of carbonyl (C=O) groups is 2. The number of likely N-dealkylation sites (tertiary alicyclic amines) is 1. The van der Waals surface area contributed by atoms with Crippen LogP contribution in [0.4, 0.5) is 5.69 Å². The third kappa shape index (κ3) is 5.00. The van der Waals surface area contributed by atoms with Crippen LogP contribution in [0.15, 0.2) is 24.3 Å². The molecule has 1 N–H and O–H groups in total. The average molecular weight is 394 g/mol. The number of amides is 2. The number of piperidine rings is 1. The summed E-state index contributed by atoms with van der Waals surface area (Å²) < 4.78 is 25.7. The predicted molar refractivity (Wildman–Crippen MR) is 104 cm³/mol. The Morgan fingerprint density at radius 2 is 1.78 bits per heavy atom. The molecule has 8 heteroatoms. The number of benzene rings is 1. The van der Waals surface area contributed by atoms with Crippen molar-refractivity contribution >= 4 is 27.5 Å². The normalized spacial score (nSPS) is 18.2. The highest BCUT2D eigenvalue weighted by Gasteiger charge is 2.33. The predicted octanol–water partition coefficient (Wildman–Crippen LogP) is 1.28. The van der Waals surface area contributed by atoms with Crippen molar-refractivity contribution in [2.24, 2.45) is 5.92 Å². The van der Waals surface area contributed by atoms with Crippen molar-refractivity contribution in [3.63, 3.8) is 0 Å². The van der Waals surface area contributed by atoms with Crippen molar-refractivity contribution in [2.45, 2.75) is 38.6 Å². The molecule has 0 aromatic heterocycles. The highest BCUT2D eigenvalue weighted by atomic mass is 32.2. The summed E-state index contributed by atoms with van der Waals surface area (Å²) in [6.45, 7) is 2.68. The van der Waals surface area contributed by atoms with Crippen molar-refractivity contribution in [2.75, 3.05) is 30.2 Å². The number of nitrogens with zero attached hydrogens (tertiary/aromatic N) is 2. The van der Waals surface area contributed by atoms with Crippen LogP contribution in [0.2, 0.25) is 0 Å². The Balaban J connectivity index is 1.60. The molecule has 1 heterocycles. The highest BCUT2D eigenvalue weighted by molar-refractivity contribution is 7.92. The molecule has 0 unspecified atom stereocenters. The number of hydrogen-bond acceptors (Lipinski definition) is 4. The quantitative estimate of drug-likeness (QED) is 0.789. The average Bonchev–Trinajstić information content (AvgIpc) is 3.45. The van der Waals surface area contributed by atoms with Gasteiger partial charge in [-0.1, -0.05) is 18.2 Å². The van der Waals surface area contributed by atoms with Crippen LogP contribution >= 0.6 is 0 Å². The standard InChI is InChI=1S/C19H27N3O4S/c1-14-5-3-4-6-17(14)22(27(2,25)26)13-18(23)21-11-9-16(10-12-21)20-19(24)15-7-8-15/h3-6,15-16H,7-13H2,1-2H3,(H,20,24). The van der Waals surface area contributed by atoms with Gasteiger partial charge in [0, 0.05) is 25.0 Å². The monoisotopic (exact) mass is 393 g/mol. The van der Waals surface area contributed by atoms with Gasteiger partial charge in [0.2, 0.25) is 21.8 Å². The van der Waals surface area contributed by atoms with E-state index >= 15 is 0 Å². The number of anilines is 1. The molecule has 0 atom stereocenters. The summed E-state index contributed by atoms with van der Waals surface area (Å²) in [6.07, 6.45) is 4.47. The zero-order chi connectivity index (χ0) is 19.6. The van der Waals surface area contributed by atoms with E-state index in [0.717, 1.165) is 24.7 Å². The first-order chi connectivity index (χ1) is 12.8. The molecule has 1 aromatic carbocycles. The number of aryl methyl sites for hydroxylation is 1. The van der Waals surface area contributed by atoms with E-state index in [1.54, 1.807) is 17.0 Å². The first kappa shape index (κ1) is 19.7. The van der Waals surface area contributed by atoms with Gasteiger partial charge in [-0.3, -0.25) is 13.9 Å². The maximum atomic E-state index is 12.7. The molecule has 1 saturated heterocycles. The van der Waals surface area contributed by atoms with Gasteiger partial charge in [0.05, 0.1) is 11.9 Å². The second kappa shape index (κ2) is 7.88. The maximum Gasteiger partial charge on any atom is 0.243 e. The third-order valence-electron chi connectivity index (χ3n) is 5.21. The lowest BCUT2D eigenvalue weighted by Gasteiger charge is -2.34.